The van der Waals surface area contributed by atoms with Crippen molar-refractivity contribution in [3.63, 3.8) is 0 Å². The SMILES string of the molecule is O=[N+]([O-])c1ccc(N2N=N[C@H]3[C@@H]4C[C@@H]([C@H]5C=CC[C@@H]54)[C@]32N2CCOCC2)cc1. The first-order valence-corrected chi connectivity index (χ1v) is 10.2. The van der Waals surface area contributed by atoms with Gasteiger partial charge in [0.25, 0.3) is 5.69 Å². The molecule has 1 aromatic rings. The van der Waals surface area contributed by atoms with Gasteiger partial charge in [0.1, 0.15) is 11.7 Å². The predicted octanol–water partition coefficient (Wildman–Crippen LogP) is 3.02. The smallest absolute Gasteiger partial charge is 0.269 e. The number of non-ortho nitro benzene ring substituents is 1. The quantitative estimate of drug-likeness (QED) is 0.457. The number of fused-ring (bicyclic) bond motifs is 8. The van der Waals surface area contributed by atoms with Gasteiger partial charge in [-0.15, -0.1) is 0 Å². The Morgan fingerprint density at radius 1 is 1.18 bits per heavy atom. The summed E-state index contributed by atoms with van der Waals surface area (Å²) in [6.45, 7) is 3.19. The molecule has 6 rings (SSSR count). The van der Waals surface area contributed by atoms with E-state index >= 15 is 0 Å². The number of nitro groups is 1. The molecule has 2 saturated carbocycles. The summed E-state index contributed by atoms with van der Waals surface area (Å²) in [4.78, 5) is 13.3. The molecule has 0 aromatic heterocycles. The van der Waals surface area contributed by atoms with E-state index in [1.807, 2.05) is 12.1 Å². The van der Waals surface area contributed by atoms with Gasteiger partial charge in [0.2, 0.25) is 0 Å². The maximum Gasteiger partial charge on any atom is 0.269 e. The van der Waals surface area contributed by atoms with Crippen LogP contribution in [0.2, 0.25) is 0 Å². The average molecular weight is 381 g/mol. The largest absolute Gasteiger partial charge is 0.379 e. The van der Waals surface area contributed by atoms with Gasteiger partial charge in [-0.1, -0.05) is 17.4 Å². The highest BCUT2D eigenvalue weighted by atomic mass is 16.6. The van der Waals surface area contributed by atoms with Crippen LogP contribution in [-0.4, -0.2) is 47.8 Å². The van der Waals surface area contributed by atoms with Crippen LogP contribution in [0.25, 0.3) is 0 Å². The lowest BCUT2D eigenvalue weighted by Gasteiger charge is -2.53. The summed E-state index contributed by atoms with van der Waals surface area (Å²) in [7, 11) is 0. The molecule has 1 aromatic carbocycles. The van der Waals surface area contributed by atoms with Crippen LogP contribution in [-0.2, 0) is 4.74 Å². The number of ether oxygens (including phenoxy) is 1. The molecule has 8 heteroatoms. The first kappa shape index (κ1) is 16.6. The van der Waals surface area contributed by atoms with Crippen LogP contribution in [0, 0.1) is 33.8 Å². The highest BCUT2D eigenvalue weighted by Gasteiger charge is 2.72. The van der Waals surface area contributed by atoms with Gasteiger partial charge in [0.05, 0.1) is 23.8 Å². The van der Waals surface area contributed by atoms with Crippen molar-refractivity contribution in [3.05, 3.63) is 46.5 Å². The number of benzene rings is 1. The lowest BCUT2D eigenvalue weighted by Crippen LogP contribution is -2.69. The van der Waals surface area contributed by atoms with E-state index in [0.717, 1.165) is 38.4 Å². The number of hydrogen-bond acceptors (Lipinski definition) is 7. The molecule has 6 atom stereocenters. The van der Waals surface area contributed by atoms with E-state index in [-0.39, 0.29) is 22.3 Å². The second-order valence-corrected chi connectivity index (χ2v) is 8.53. The summed E-state index contributed by atoms with van der Waals surface area (Å²) in [6, 6.07) is 6.92. The summed E-state index contributed by atoms with van der Waals surface area (Å²) >= 11 is 0. The fourth-order valence-electron chi connectivity index (χ4n) is 6.65. The monoisotopic (exact) mass is 381 g/mol. The Balaban J connectivity index is 1.45. The van der Waals surface area contributed by atoms with Gasteiger partial charge in [0, 0.05) is 31.1 Å². The van der Waals surface area contributed by atoms with E-state index in [0.29, 0.717) is 23.7 Å². The van der Waals surface area contributed by atoms with Gasteiger partial charge < -0.3 is 4.74 Å². The van der Waals surface area contributed by atoms with Gasteiger partial charge in [-0.3, -0.25) is 15.0 Å². The maximum absolute atomic E-state index is 11.1. The zero-order valence-corrected chi connectivity index (χ0v) is 15.6. The van der Waals surface area contributed by atoms with Crippen LogP contribution >= 0.6 is 0 Å². The van der Waals surface area contributed by atoms with Crippen LogP contribution < -0.4 is 5.01 Å². The Bertz CT molecular complexity index is 865. The molecular formula is C20H23N5O3. The number of nitrogens with zero attached hydrogens (tertiary/aromatic N) is 5. The van der Waals surface area contributed by atoms with Crippen molar-refractivity contribution < 1.29 is 9.66 Å². The van der Waals surface area contributed by atoms with E-state index in [1.54, 1.807) is 12.1 Å². The Morgan fingerprint density at radius 2 is 1.96 bits per heavy atom. The fraction of sp³-hybridized carbons (Fsp3) is 0.600. The zero-order chi connectivity index (χ0) is 18.9. The second-order valence-electron chi connectivity index (χ2n) is 8.53. The molecule has 2 aliphatic heterocycles. The molecule has 0 amide bonds. The summed E-state index contributed by atoms with van der Waals surface area (Å²) in [5, 5.41) is 22.6. The number of anilines is 1. The summed E-state index contributed by atoms with van der Waals surface area (Å²) in [5.74, 6) is 2.29. The minimum Gasteiger partial charge on any atom is -0.379 e. The third-order valence-electron chi connectivity index (χ3n) is 7.62. The molecule has 0 radical (unpaired) electrons. The maximum atomic E-state index is 11.1. The summed E-state index contributed by atoms with van der Waals surface area (Å²) < 4.78 is 5.64. The highest BCUT2D eigenvalue weighted by Crippen LogP contribution is 2.66. The Labute approximate surface area is 163 Å². The van der Waals surface area contributed by atoms with E-state index in [4.69, 9.17) is 9.85 Å². The molecule has 2 heterocycles. The third kappa shape index (κ3) is 1.97. The summed E-state index contributed by atoms with van der Waals surface area (Å²) in [5.41, 5.74) is 0.707. The predicted molar refractivity (Wildman–Crippen MR) is 102 cm³/mol. The van der Waals surface area contributed by atoms with Crippen LogP contribution in [0.1, 0.15) is 12.8 Å². The van der Waals surface area contributed by atoms with Gasteiger partial charge in [0.15, 0.2) is 0 Å². The van der Waals surface area contributed by atoms with Crippen molar-refractivity contribution in [2.45, 2.75) is 24.5 Å². The van der Waals surface area contributed by atoms with Crippen LogP contribution in [0.15, 0.2) is 46.8 Å². The number of morpholine rings is 1. The Morgan fingerprint density at radius 3 is 2.71 bits per heavy atom. The molecule has 8 nitrogen and oxygen atoms in total. The first-order chi connectivity index (χ1) is 13.7. The van der Waals surface area contributed by atoms with Crippen LogP contribution in [0.5, 0.6) is 0 Å². The molecule has 146 valence electrons. The topological polar surface area (TPSA) is 83.6 Å². The summed E-state index contributed by atoms with van der Waals surface area (Å²) in [6.07, 6.45) is 7.11. The van der Waals surface area contributed by atoms with Gasteiger partial charge in [-0.25, -0.2) is 5.01 Å². The molecule has 3 aliphatic carbocycles. The molecular weight excluding hydrogens is 358 g/mol. The highest BCUT2D eigenvalue weighted by molar-refractivity contribution is 5.55. The van der Waals surface area contributed by atoms with E-state index in [2.05, 4.69) is 27.3 Å². The van der Waals surface area contributed by atoms with Crippen molar-refractivity contribution in [2.24, 2.45) is 34.0 Å². The fourth-order valence-corrected chi connectivity index (χ4v) is 6.65. The van der Waals surface area contributed by atoms with Gasteiger partial charge in [-0.2, -0.15) is 5.11 Å². The van der Waals surface area contributed by atoms with Gasteiger partial charge in [-0.05, 0) is 42.7 Å². The van der Waals surface area contributed by atoms with Crippen LogP contribution in [0.4, 0.5) is 11.4 Å². The molecule has 3 fully saturated rings. The number of allylic oxidation sites excluding steroid dienone is 2. The van der Waals surface area contributed by atoms with Crippen LogP contribution in [0.3, 0.4) is 0 Å². The number of hydrogen-bond donors (Lipinski definition) is 0. The molecule has 1 saturated heterocycles. The van der Waals surface area contributed by atoms with Gasteiger partial charge >= 0.3 is 0 Å². The normalized spacial score (nSPS) is 40.9. The number of nitro benzene ring substituents is 1. The zero-order valence-electron chi connectivity index (χ0n) is 15.6. The van der Waals surface area contributed by atoms with Crippen molar-refractivity contribution in [1.29, 1.82) is 0 Å². The lowest BCUT2D eigenvalue weighted by atomic mass is 9.71. The van der Waals surface area contributed by atoms with Crippen molar-refractivity contribution in [3.8, 4) is 0 Å². The molecule has 0 N–H and O–H groups in total. The standard InChI is InChI=1S/C20H23N5O3/c26-25(27)14-6-4-13(5-7-14)24-20(23-8-10-28-11-9-23)18-12-17(19(20)21-22-24)15-2-1-3-16(15)18/h1,3-7,15-19H,2,8-12H2/t15-,16-,17+,18-,19-,20+/m0/s1. The lowest BCUT2D eigenvalue weighted by molar-refractivity contribution is -0.384. The molecule has 0 unspecified atom stereocenters. The average Bonchev–Trinajstić information content (AvgIpc) is 3.46. The minimum absolute atomic E-state index is 0.101. The molecule has 5 aliphatic rings. The van der Waals surface area contributed by atoms with Crippen molar-refractivity contribution >= 4 is 11.4 Å². The second kappa shape index (κ2) is 5.84. The molecule has 2 bridgehead atoms. The Hall–Kier alpha value is -2.32. The minimum atomic E-state index is -0.360. The number of rotatable bonds is 3. The third-order valence-corrected chi connectivity index (χ3v) is 7.62. The molecule has 0 spiro atoms. The molecule has 28 heavy (non-hydrogen) atoms. The van der Waals surface area contributed by atoms with Crippen molar-refractivity contribution in [2.75, 3.05) is 31.3 Å². The van der Waals surface area contributed by atoms with Crippen molar-refractivity contribution in [1.82, 2.24) is 4.90 Å². The van der Waals surface area contributed by atoms with E-state index in [9.17, 15) is 10.1 Å². The van der Waals surface area contributed by atoms with E-state index < -0.39 is 0 Å². The first-order valence-electron chi connectivity index (χ1n) is 10.2. The Kier molecular flexibility index (Phi) is 3.47. The van der Waals surface area contributed by atoms with E-state index in [1.165, 1.54) is 6.42 Å².